The zero-order chi connectivity index (χ0) is 19.3. The average Bonchev–Trinajstić information content (AvgIpc) is 2.61. The molecule has 0 atom stereocenters. The summed E-state index contributed by atoms with van der Waals surface area (Å²) >= 11 is 5.88. The van der Waals surface area contributed by atoms with Gasteiger partial charge in [0.1, 0.15) is 23.2 Å². The summed E-state index contributed by atoms with van der Waals surface area (Å²) in [4.78, 5) is 22.6. The summed E-state index contributed by atoms with van der Waals surface area (Å²) in [5.41, 5.74) is -0.842. The number of nitrogens with zero attached hydrogens (tertiary/aromatic N) is 2. The van der Waals surface area contributed by atoms with Gasteiger partial charge in [0.15, 0.2) is 0 Å². The monoisotopic (exact) mass is 375 g/mol. The number of carbonyl (C=O) groups excluding carboxylic acids is 1. The molecule has 0 heterocycles. The maximum absolute atomic E-state index is 13.8. The second-order valence-electron chi connectivity index (χ2n) is 4.90. The Hall–Kier alpha value is -3.44. The van der Waals surface area contributed by atoms with E-state index in [0.717, 1.165) is 18.2 Å². The molecule has 0 fully saturated rings. The molecule has 0 spiro atoms. The number of halogens is 2. The third-order valence-electron chi connectivity index (χ3n) is 3.30. The molecular formula is C17H11ClFN3O4. The Morgan fingerprint density at radius 2 is 2.15 bits per heavy atom. The third kappa shape index (κ3) is 4.15. The van der Waals surface area contributed by atoms with E-state index in [-0.39, 0.29) is 27.7 Å². The summed E-state index contributed by atoms with van der Waals surface area (Å²) < 4.78 is 18.9. The lowest BCUT2D eigenvalue weighted by Gasteiger charge is -2.09. The number of methoxy groups -OCH3 is 1. The normalized spacial score (nSPS) is 10.8. The summed E-state index contributed by atoms with van der Waals surface area (Å²) in [7, 11) is 1.32. The van der Waals surface area contributed by atoms with Crippen LogP contribution in [0.5, 0.6) is 5.75 Å². The van der Waals surface area contributed by atoms with Gasteiger partial charge in [-0.25, -0.2) is 4.39 Å². The van der Waals surface area contributed by atoms with E-state index in [0.29, 0.717) is 0 Å². The van der Waals surface area contributed by atoms with Crippen molar-refractivity contribution in [1.82, 2.24) is 0 Å². The molecule has 0 aliphatic heterocycles. The van der Waals surface area contributed by atoms with Gasteiger partial charge in [0.25, 0.3) is 11.6 Å². The van der Waals surface area contributed by atoms with E-state index in [4.69, 9.17) is 16.3 Å². The minimum absolute atomic E-state index is 0.00696. The standard InChI is InChI=1S/C17H11ClFN3O4/c1-26-16-6-5-11(22(24)25)8-15(16)21-17(23)10(9-20)7-12-13(18)3-2-4-14(12)19/h2-8H,1H3,(H,21,23)/b10-7+. The molecular weight excluding hydrogens is 365 g/mol. The van der Waals surface area contributed by atoms with Crippen molar-refractivity contribution < 1.29 is 18.8 Å². The number of rotatable bonds is 5. The van der Waals surface area contributed by atoms with E-state index in [1.807, 2.05) is 0 Å². The van der Waals surface area contributed by atoms with E-state index < -0.39 is 22.2 Å². The quantitative estimate of drug-likeness (QED) is 0.369. The number of nitrogens with one attached hydrogen (secondary N) is 1. The van der Waals surface area contributed by atoms with Crippen LogP contribution in [0, 0.1) is 27.3 Å². The maximum atomic E-state index is 13.8. The van der Waals surface area contributed by atoms with Crippen LogP contribution in [0.15, 0.2) is 42.0 Å². The second kappa shape index (κ2) is 8.09. The molecule has 0 aromatic heterocycles. The summed E-state index contributed by atoms with van der Waals surface area (Å²) in [5.74, 6) is -1.44. The average molecular weight is 376 g/mol. The Morgan fingerprint density at radius 3 is 2.73 bits per heavy atom. The van der Waals surface area contributed by atoms with Crippen LogP contribution in [0.4, 0.5) is 15.8 Å². The van der Waals surface area contributed by atoms with Gasteiger partial charge in [0, 0.05) is 17.7 Å². The molecule has 132 valence electrons. The van der Waals surface area contributed by atoms with E-state index in [1.165, 1.54) is 31.4 Å². The lowest BCUT2D eigenvalue weighted by Crippen LogP contribution is -2.14. The SMILES string of the molecule is COc1ccc([N+](=O)[O-])cc1NC(=O)/C(C#N)=C/c1c(F)cccc1Cl. The molecule has 0 bridgehead atoms. The van der Waals surface area contributed by atoms with Gasteiger partial charge >= 0.3 is 0 Å². The summed E-state index contributed by atoms with van der Waals surface area (Å²) in [6.07, 6.45) is 0.997. The van der Waals surface area contributed by atoms with Gasteiger partial charge in [-0.1, -0.05) is 17.7 Å². The van der Waals surface area contributed by atoms with Crippen LogP contribution < -0.4 is 10.1 Å². The highest BCUT2D eigenvalue weighted by molar-refractivity contribution is 6.32. The van der Waals surface area contributed by atoms with Crippen LogP contribution in [0.2, 0.25) is 5.02 Å². The van der Waals surface area contributed by atoms with Gasteiger partial charge in [-0.05, 0) is 24.3 Å². The Bertz CT molecular complexity index is 933. The number of amides is 1. The first-order valence-corrected chi connectivity index (χ1v) is 7.44. The summed E-state index contributed by atoms with van der Waals surface area (Å²) in [6, 6.07) is 9.17. The molecule has 9 heteroatoms. The molecule has 0 saturated carbocycles. The number of hydrogen-bond acceptors (Lipinski definition) is 5. The van der Waals surface area contributed by atoms with Crippen molar-refractivity contribution in [1.29, 1.82) is 5.26 Å². The van der Waals surface area contributed by atoms with Gasteiger partial charge in [-0.3, -0.25) is 14.9 Å². The first-order chi connectivity index (χ1) is 12.4. The minimum Gasteiger partial charge on any atom is -0.495 e. The molecule has 0 saturated heterocycles. The number of carbonyl (C=O) groups is 1. The third-order valence-corrected chi connectivity index (χ3v) is 3.63. The van der Waals surface area contributed by atoms with Crippen molar-refractivity contribution in [2.75, 3.05) is 12.4 Å². The number of ether oxygens (including phenoxy) is 1. The minimum atomic E-state index is -0.898. The van der Waals surface area contributed by atoms with E-state index in [2.05, 4.69) is 5.32 Å². The lowest BCUT2D eigenvalue weighted by molar-refractivity contribution is -0.384. The summed E-state index contributed by atoms with van der Waals surface area (Å²) in [5, 5.41) is 22.4. The predicted molar refractivity (Wildman–Crippen MR) is 93.3 cm³/mol. The smallest absolute Gasteiger partial charge is 0.271 e. The van der Waals surface area contributed by atoms with Crippen LogP contribution in [0.25, 0.3) is 6.08 Å². The lowest BCUT2D eigenvalue weighted by atomic mass is 10.1. The Labute approximate surface area is 152 Å². The van der Waals surface area contributed by atoms with Crippen molar-refractivity contribution in [3.63, 3.8) is 0 Å². The number of benzene rings is 2. The van der Waals surface area contributed by atoms with Crippen molar-refractivity contribution >= 4 is 35.0 Å². The second-order valence-corrected chi connectivity index (χ2v) is 5.31. The molecule has 2 rings (SSSR count). The number of non-ortho nitro benzene ring substituents is 1. The van der Waals surface area contributed by atoms with E-state index in [1.54, 1.807) is 6.07 Å². The van der Waals surface area contributed by atoms with Crippen LogP contribution in [0.1, 0.15) is 5.56 Å². The van der Waals surface area contributed by atoms with Gasteiger partial charge in [-0.2, -0.15) is 5.26 Å². The van der Waals surface area contributed by atoms with Crippen LogP contribution in [-0.2, 0) is 4.79 Å². The van der Waals surface area contributed by atoms with Crippen molar-refractivity contribution in [3.8, 4) is 11.8 Å². The van der Waals surface area contributed by atoms with E-state index in [9.17, 15) is 24.6 Å². The molecule has 0 radical (unpaired) electrons. The largest absolute Gasteiger partial charge is 0.495 e. The molecule has 0 unspecified atom stereocenters. The van der Waals surface area contributed by atoms with Gasteiger partial charge in [-0.15, -0.1) is 0 Å². The molecule has 7 nitrogen and oxygen atoms in total. The highest BCUT2D eigenvalue weighted by atomic mass is 35.5. The molecule has 26 heavy (non-hydrogen) atoms. The van der Waals surface area contributed by atoms with Crippen LogP contribution in [-0.4, -0.2) is 17.9 Å². The zero-order valence-electron chi connectivity index (χ0n) is 13.3. The summed E-state index contributed by atoms with van der Waals surface area (Å²) in [6.45, 7) is 0. The number of nitriles is 1. The Kier molecular flexibility index (Phi) is 5.88. The number of nitro benzene ring substituents is 1. The Morgan fingerprint density at radius 1 is 1.42 bits per heavy atom. The van der Waals surface area contributed by atoms with Gasteiger partial charge in [0.05, 0.1) is 22.7 Å². The van der Waals surface area contributed by atoms with Crippen molar-refractivity contribution in [2.45, 2.75) is 0 Å². The fourth-order valence-electron chi connectivity index (χ4n) is 2.04. The fourth-order valence-corrected chi connectivity index (χ4v) is 2.26. The van der Waals surface area contributed by atoms with E-state index >= 15 is 0 Å². The van der Waals surface area contributed by atoms with Gasteiger partial charge < -0.3 is 10.1 Å². The molecule has 1 amide bonds. The van der Waals surface area contributed by atoms with Crippen LogP contribution in [0.3, 0.4) is 0 Å². The van der Waals surface area contributed by atoms with Crippen LogP contribution >= 0.6 is 11.6 Å². The molecule has 0 aliphatic rings. The number of nitro groups is 1. The highest BCUT2D eigenvalue weighted by Gasteiger charge is 2.17. The van der Waals surface area contributed by atoms with Crippen molar-refractivity contribution in [3.05, 3.63) is 68.5 Å². The highest BCUT2D eigenvalue weighted by Crippen LogP contribution is 2.29. The van der Waals surface area contributed by atoms with Crippen molar-refractivity contribution in [2.24, 2.45) is 0 Å². The molecule has 2 aromatic rings. The Balaban J connectivity index is 2.39. The molecule has 0 aliphatic carbocycles. The predicted octanol–water partition coefficient (Wildman–Crippen LogP) is 3.94. The fraction of sp³-hybridized carbons (Fsp3) is 0.0588. The zero-order valence-corrected chi connectivity index (χ0v) is 14.1. The molecule has 2 aromatic carbocycles. The topological polar surface area (TPSA) is 105 Å². The first-order valence-electron chi connectivity index (χ1n) is 7.07. The maximum Gasteiger partial charge on any atom is 0.271 e. The molecule has 1 N–H and O–H groups in total. The number of anilines is 1. The van der Waals surface area contributed by atoms with Gasteiger partial charge in [0.2, 0.25) is 0 Å². The first kappa shape index (κ1) is 18.9. The number of hydrogen-bond donors (Lipinski definition) is 1.